The van der Waals surface area contributed by atoms with E-state index in [9.17, 15) is 18.4 Å². The molecular formula is C22H24F2N6O2. The van der Waals surface area contributed by atoms with E-state index >= 15 is 0 Å². The molecule has 32 heavy (non-hydrogen) atoms. The minimum Gasteiger partial charge on any atom is -0.369 e. The number of aryl methyl sites for hydroxylation is 1. The minimum absolute atomic E-state index is 0.00285. The number of halogens is 2. The molecule has 0 saturated heterocycles. The number of pyridine rings is 1. The summed E-state index contributed by atoms with van der Waals surface area (Å²) in [6.07, 6.45) is 3.53. The molecule has 4 N–H and O–H groups in total. The van der Waals surface area contributed by atoms with Crippen molar-refractivity contribution in [2.24, 2.45) is 18.7 Å². The molecule has 0 bridgehead atoms. The molecule has 2 amide bonds. The Morgan fingerprint density at radius 2 is 2.03 bits per heavy atom. The molecule has 2 aromatic heterocycles. The average molecular weight is 442 g/mol. The monoisotopic (exact) mass is 442 g/mol. The Labute approximate surface area is 183 Å². The zero-order valence-electron chi connectivity index (χ0n) is 17.7. The van der Waals surface area contributed by atoms with Crippen LogP contribution in [0.25, 0.3) is 11.3 Å². The molecule has 0 saturated carbocycles. The van der Waals surface area contributed by atoms with E-state index in [4.69, 9.17) is 5.73 Å². The fourth-order valence-corrected chi connectivity index (χ4v) is 3.00. The SMILES string of the molecule is C[C@H](CNC(=O)c1cc(F)c(-c2cnn(C)c2)nc1NCCc1cccc(F)c1)C(N)=O. The highest BCUT2D eigenvalue weighted by Gasteiger charge is 2.20. The van der Waals surface area contributed by atoms with Crippen LogP contribution in [0.2, 0.25) is 0 Å². The summed E-state index contributed by atoms with van der Waals surface area (Å²) in [6.45, 7) is 1.90. The highest BCUT2D eigenvalue weighted by atomic mass is 19.1. The zero-order chi connectivity index (χ0) is 23.3. The molecule has 0 fully saturated rings. The van der Waals surface area contributed by atoms with Gasteiger partial charge in [-0.2, -0.15) is 5.10 Å². The van der Waals surface area contributed by atoms with Crippen molar-refractivity contribution in [3.8, 4) is 11.3 Å². The highest BCUT2D eigenvalue weighted by molar-refractivity contribution is 5.99. The quantitative estimate of drug-likeness (QED) is 0.470. The van der Waals surface area contributed by atoms with Gasteiger partial charge in [0.05, 0.1) is 17.7 Å². The van der Waals surface area contributed by atoms with Crippen LogP contribution in [-0.4, -0.2) is 39.7 Å². The number of amides is 2. The summed E-state index contributed by atoms with van der Waals surface area (Å²) >= 11 is 0. The lowest BCUT2D eigenvalue weighted by atomic mass is 10.1. The molecule has 1 atom stereocenters. The van der Waals surface area contributed by atoms with Crippen LogP contribution in [0.4, 0.5) is 14.6 Å². The zero-order valence-corrected chi connectivity index (χ0v) is 17.7. The van der Waals surface area contributed by atoms with Gasteiger partial charge in [0.2, 0.25) is 5.91 Å². The molecule has 10 heteroatoms. The number of primary amides is 1. The first-order chi connectivity index (χ1) is 15.2. The van der Waals surface area contributed by atoms with Crippen LogP contribution in [0.15, 0.2) is 42.7 Å². The number of nitrogens with two attached hydrogens (primary N) is 1. The van der Waals surface area contributed by atoms with Crippen molar-refractivity contribution in [3.63, 3.8) is 0 Å². The molecule has 0 aliphatic heterocycles. The van der Waals surface area contributed by atoms with E-state index in [1.165, 1.54) is 23.0 Å². The number of carbonyl (C=O) groups is 2. The number of aromatic nitrogens is 3. The van der Waals surface area contributed by atoms with Gasteiger partial charge in [-0.3, -0.25) is 14.3 Å². The molecule has 0 spiro atoms. The highest BCUT2D eigenvalue weighted by Crippen LogP contribution is 2.25. The molecule has 1 aromatic carbocycles. The first-order valence-electron chi connectivity index (χ1n) is 10.00. The van der Waals surface area contributed by atoms with Gasteiger partial charge in [0, 0.05) is 31.9 Å². The summed E-state index contributed by atoms with van der Waals surface area (Å²) in [7, 11) is 1.70. The third kappa shape index (κ3) is 5.65. The van der Waals surface area contributed by atoms with Crippen LogP contribution in [0.3, 0.4) is 0 Å². The number of rotatable bonds is 9. The third-order valence-electron chi connectivity index (χ3n) is 4.85. The number of nitrogens with zero attached hydrogens (tertiary/aromatic N) is 3. The second-order valence-electron chi connectivity index (χ2n) is 7.44. The van der Waals surface area contributed by atoms with E-state index in [0.717, 1.165) is 11.6 Å². The lowest BCUT2D eigenvalue weighted by molar-refractivity contribution is -0.121. The van der Waals surface area contributed by atoms with Gasteiger partial charge in [-0.15, -0.1) is 0 Å². The van der Waals surface area contributed by atoms with Gasteiger partial charge in [-0.05, 0) is 30.2 Å². The van der Waals surface area contributed by atoms with Gasteiger partial charge in [0.25, 0.3) is 5.91 Å². The number of anilines is 1. The molecule has 8 nitrogen and oxygen atoms in total. The molecule has 168 valence electrons. The fraction of sp³-hybridized carbons (Fsp3) is 0.273. The van der Waals surface area contributed by atoms with E-state index in [1.54, 1.807) is 32.3 Å². The Hall–Kier alpha value is -3.82. The predicted octanol–water partition coefficient (Wildman–Crippen LogP) is 2.27. The maximum absolute atomic E-state index is 14.8. The number of hydrogen-bond acceptors (Lipinski definition) is 5. The van der Waals surface area contributed by atoms with E-state index in [1.807, 2.05) is 0 Å². The molecule has 0 radical (unpaired) electrons. The van der Waals surface area contributed by atoms with Crippen LogP contribution < -0.4 is 16.4 Å². The van der Waals surface area contributed by atoms with Gasteiger partial charge >= 0.3 is 0 Å². The first kappa shape index (κ1) is 22.9. The van der Waals surface area contributed by atoms with Crippen molar-refractivity contribution in [2.45, 2.75) is 13.3 Å². The molecule has 0 aliphatic carbocycles. The van der Waals surface area contributed by atoms with Crippen molar-refractivity contribution >= 4 is 17.6 Å². The van der Waals surface area contributed by atoms with E-state index in [0.29, 0.717) is 18.5 Å². The van der Waals surface area contributed by atoms with Crippen LogP contribution >= 0.6 is 0 Å². The Balaban J connectivity index is 1.85. The average Bonchev–Trinajstić information content (AvgIpc) is 3.18. The van der Waals surface area contributed by atoms with Crippen molar-refractivity contribution < 1.29 is 18.4 Å². The smallest absolute Gasteiger partial charge is 0.255 e. The summed E-state index contributed by atoms with van der Waals surface area (Å²) in [5.41, 5.74) is 6.45. The van der Waals surface area contributed by atoms with Crippen molar-refractivity contribution in [1.29, 1.82) is 0 Å². The summed E-state index contributed by atoms with van der Waals surface area (Å²) in [5.74, 6) is -2.63. The number of carbonyl (C=O) groups excluding carboxylic acids is 2. The standard InChI is InChI=1S/C22H24F2N6O2/c1-13(20(25)31)10-27-22(32)17-9-18(24)19(15-11-28-30(2)12-15)29-21(17)26-7-6-14-4-3-5-16(23)8-14/h3-5,8-9,11-13H,6-7,10H2,1-2H3,(H2,25,31)(H,26,29)(H,27,32)/t13-/m1/s1. The second kappa shape index (κ2) is 9.99. The Kier molecular flexibility index (Phi) is 7.14. The lowest BCUT2D eigenvalue weighted by Gasteiger charge is -2.15. The predicted molar refractivity (Wildman–Crippen MR) is 116 cm³/mol. The number of nitrogens with one attached hydrogen (secondary N) is 2. The fourth-order valence-electron chi connectivity index (χ4n) is 3.00. The lowest BCUT2D eigenvalue weighted by Crippen LogP contribution is -2.35. The summed E-state index contributed by atoms with van der Waals surface area (Å²) in [4.78, 5) is 28.2. The topological polar surface area (TPSA) is 115 Å². The maximum Gasteiger partial charge on any atom is 0.255 e. The minimum atomic E-state index is -0.693. The summed E-state index contributed by atoms with van der Waals surface area (Å²) < 4.78 is 29.7. The molecular weight excluding hydrogens is 418 g/mol. The first-order valence-corrected chi connectivity index (χ1v) is 10.00. The summed E-state index contributed by atoms with van der Waals surface area (Å²) in [6, 6.07) is 7.25. The van der Waals surface area contributed by atoms with Crippen molar-refractivity contribution in [2.75, 3.05) is 18.4 Å². The largest absolute Gasteiger partial charge is 0.369 e. The third-order valence-corrected chi connectivity index (χ3v) is 4.85. The van der Waals surface area contributed by atoms with E-state index in [-0.39, 0.29) is 29.4 Å². The van der Waals surface area contributed by atoms with Gasteiger partial charge in [0.15, 0.2) is 5.82 Å². The Morgan fingerprint density at radius 1 is 1.25 bits per heavy atom. The second-order valence-corrected chi connectivity index (χ2v) is 7.44. The molecule has 2 heterocycles. The van der Waals surface area contributed by atoms with Gasteiger partial charge in [-0.1, -0.05) is 19.1 Å². The van der Waals surface area contributed by atoms with E-state index < -0.39 is 23.5 Å². The van der Waals surface area contributed by atoms with E-state index in [2.05, 4.69) is 20.7 Å². The maximum atomic E-state index is 14.8. The normalized spacial score (nSPS) is 11.8. The molecule has 0 unspecified atom stereocenters. The van der Waals surface area contributed by atoms with Crippen LogP contribution in [0.5, 0.6) is 0 Å². The number of hydrogen-bond donors (Lipinski definition) is 3. The Bertz CT molecular complexity index is 1130. The van der Waals surface area contributed by atoms with Crippen molar-refractivity contribution in [1.82, 2.24) is 20.1 Å². The van der Waals surface area contributed by atoms with Crippen LogP contribution in [0.1, 0.15) is 22.8 Å². The van der Waals surface area contributed by atoms with Gasteiger partial charge in [0.1, 0.15) is 17.3 Å². The van der Waals surface area contributed by atoms with Crippen LogP contribution in [-0.2, 0) is 18.3 Å². The molecule has 3 rings (SSSR count). The van der Waals surface area contributed by atoms with Crippen LogP contribution in [0, 0.1) is 17.6 Å². The van der Waals surface area contributed by atoms with Gasteiger partial charge < -0.3 is 16.4 Å². The molecule has 0 aliphatic rings. The van der Waals surface area contributed by atoms with Gasteiger partial charge in [-0.25, -0.2) is 13.8 Å². The Morgan fingerprint density at radius 3 is 2.69 bits per heavy atom. The molecule has 3 aromatic rings. The summed E-state index contributed by atoms with van der Waals surface area (Å²) in [5, 5.41) is 9.64. The number of benzene rings is 1. The van der Waals surface area contributed by atoms with Crippen molar-refractivity contribution in [3.05, 3.63) is 65.5 Å².